The van der Waals surface area contributed by atoms with Crippen LogP contribution in [0.15, 0.2) is 12.7 Å². The van der Waals surface area contributed by atoms with Crippen LogP contribution in [0.2, 0.25) is 0 Å². The molecule has 1 fully saturated rings. The van der Waals surface area contributed by atoms with Crippen molar-refractivity contribution >= 4 is 6.09 Å². The zero-order chi connectivity index (χ0) is 8.48. The van der Waals surface area contributed by atoms with Gasteiger partial charge in [-0.2, -0.15) is 0 Å². The minimum atomic E-state index is -0.353. The van der Waals surface area contributed by atoms with E-state index in [4.69, 9.17) is 4.74 Å². The van der Waals surface area contributed by atoms with Crippen LogP contribution in [0.3, 0.4) is 0 Å². The number of rotatable bonds is 1. The molecule has 1 amide bonds. The molecule has 1 aliphatic rings. The molecule has 11 heavy (non-hydrogen) atoms. The van der Waals surface area contributed by atoms with Gasteiger partial charge >= 0.3 is 6.09 Å². The molecule has 0 spiro atoms. The monoisotopic (exact) mass is 155 g/mol. The van der Waals surface area contributed by atoms with Gasteiger partial charge in [-0.3, -0.25) is 0 Å². The molecule has 1 saturated heterocycles. The summed E-state index contributed by atoms with van der Waals surface area (Å²) >= 11 is 0. The Kier molecular flexibility index (Phi) is 1.89. The molecule has 3 heteroatoms. The highest BCUT2D eigenvalue weighted by Crippen LogP contribution is 2.26. The quantitative estimate of drug-likeness (QED) is 0.580. The number of alkyl carbamates (subject to hydrolysis) is 1. The zero-order valence-electron chi connectivity index (χ0n) is 6.89. The number of cyclic esters (lactones) is 1. The van der Waals surface area contributed by atoms with Crippen molar-refractivity contribution in [2.45, 2.75) is 20.0 Å². The summed E-state index contributed by atoms with van der Waals surface area (Å²) in [7, 11) is 0. The summed E-state index contributed by atoms with van der Waals surface area (Å²) in [5.41, 5.74) is -0.0460. The van der Waals surface area contributed by atoms with Gasteiger partial charge in [-0.15, -0.1) is 0 Å². The molecular formula is C8H13NO2. The summed E-state index contributed by atoms with van der Waals surface area (Å²) in [6, 6.07) is 0. The number of hydrogen-bond donors (Lipinski definition) is 1. The molecule has 0 radical (unpaired) electrons. The maximum absolute atomic E-state index is 10.7. The van der Waals surface area contributed by atoms with Gasteiger partial charge in [0.05, 0.1) is 0 Å². The number of hydrogen-bond acceptors (Lipinski definition) is 2. The first-order valence-corrected chi connectivity index (χ1v) is 3.63. The topological polar surface area (TPSA) is 38.3 Å². The molecule has 1 heterocycles. The number of carbonyl (C=O) groups excluding carboxylic acids is 1. The van der Waals surface area contributed by atoms with Gasteiger partial charge in [0.15, 0.2) is 0 Å². The second kappa shape index (κ2) is 2.57. The number of ether oxygens (including phenoxy) is 1. The number of nitrogens with one attached hydrogen (secondary N) is 1. The lowest BCUT2D eigenvalue weighted by Crippen LogP contribution is -2.49. The smallest absolute Gasteiger partial charge is 0.407 e. The largest absolute Gasteiger partial charge is 0.441 e. The molecule has 3 nitrogen and oxygen atoms in total. The molecule has 0 saturated carbocycles. The van der Waals surface area contributed by atoms with Gasteiger partial charge in [-0.05, 0) is 0 Å². The van der Waals surface area contributed by atoms with Crippen LogP contribution in [0, 0.1) is 5.41 Å². The van der Waals surface area contributed by atoms with Gasteiger partial charge in [0.2, 0.25) is 0 Å². The van der Waals surface area contributed by atoms with Crippen LogP contribution in [-0.4, -0.2) is 18.7 Å². The summed E-state index contributed by atoms with van der Waals surface area (Å²) in [6.07, 6.45) is 1.14. The van der Waals surface area contributed by atoms with E-state index in [0.717, 1.165) is 0 Å². The fourth-order valence-corrected chi connectivity index (χ4v) is 1.08. The van der Waals surface area contributed by atoms with E-state index in [1.54, 1.807) is 6.08 Å². The van der Waals surface area contributed by atoms with Crippen molar-refractivity contribution in [1.82, 2.24) is 5.32 Å². The second-order valence-electron chi connectivity index (χ2n) is 3.40. The van der Waals surface area contributed by atoms with E-state index in [2.05, 4.69) is 11.9 Å². The highest BCUT2D eigenvalue weighted by Gasteiger charge is 2.34. The van der Waals surface area contributed by atoms with E-state index < -0.39 is 0 Å². The highest BCUT2D eigenvalue weighted by molar-refractivity contribution is 5.68. The van der Waals surface area contributed by atoms with Crippen LogP contribution in [0.1, 0.15) is 13.8 Å². The molecule has 0 bridgehead atoms. The summed E-state index contributed by atoms with van der Waals surface area (Å²) in [5, 5.41) is 2.63. The summed E-state index contributed by atoms with van der Waals surface area (Å²) in [6.45, 7) is 8.30. The first-order valence-electron chi connectivity index (χ1n) is 3.63. The van der Waals surface area contributed by atoms with Crippen LogP contribution < -0.4 is 5.32 Å². The lowest BCUT2D eigenvalue weighted by Gasteiger charge is -2.36. The van der Waals surface area contributed by atoms with Crippen molar-refractivity contribution in [2.75, 3.05) is 6.54 Å². The van der Waals surface area contributed by atoms with Crippen molar-refractivity contribution in [3.63, 3.8) is 0 Å². The lowest BCUT2D eigenvalue weighted by atomic mass is 9.85. The van der Waals surface area contributed by atoms with E-state index in [0.29, 0.717) is 6.54 Å². The predicted octanol–water partition coefficient (Wildman–Crippen LogP) is 1.31. The fourth-order valence-electron chi connectivity index (χ4n) is 1.08. The van der Waals surface area contributed by atoms with E-state index in [-0.39, 0.29) is 17.6 Å². The van der Waals surface area contributed by atoms with Crippen molar-refractivity contribution in [1.29, 1.82) is 0 Å². The summed E-state index contributed by atoms with van der Waals surface area (Å²) in [4.78, 5) is 10.7. The standard InChI is InChI=1S/C8H13NO2/c1-4-6-8(2,3)5-9-7(10)11-6/h4,6H,1,5H2,2-3H3,(H,9,10). The second-order valence-corrected chi connectivity index (χ2v) is 3.40. The third-order valence-electron chi connectivity index (χ3n) is 1.91. The molecule has 0 aromatic rings. The Morgan fingerprint density at radius 1 is 1.82 bits per heavy atom. The van der Waals surface area contributed by atoms with Crippen LogP contribution in [0.25, 0.3) is 0 Å². The maximum atomic E-state index is 10.7. The van der Waals surface area contributed by atoms with Crippen LogP contribution in [0.4, 0.5) is 4.79 Å². The normalized spacial score (nSPS) is 28.5. The molecule has 62 valence electrons. The molecule has 0 aromatic carbocycles. The Hall–Kier alpha value is -0.990. The third kappa shape index (κ3) is 1.53. The lowest BCUT2D eigenvalue weighted by molar-refractivity contribution is 0.0250. The Balaban J connectivity index is 2.70. The van der Waals surface area contributed by atoms with E-state index in [1.165, 1.54) is 0 Å². The Morgan fingerprint density at radius 3 is 2.91 bits per heavy atom. The Bertz CT molecular complexity index is 187. The Labute approximate surface area is 66.4 Å². The summed E-state index contributed by atoms with van der Waals surface area (Å²) < 4.78 is 4.98. The average molecular weight is 155 g/mol. The van der Waals surface area contributed by atoms with Crippen molar-refractivity contribution in [3.05, 3.63) is 12.7 Å². The minimum absolute atomic E-state index is 0.0460. The van der Waals surface area contributed by atoms with Gasteiger partial charge in [-0.1, -0.05) is 26.5 Å². The van der Waals surface area contributed by atoms with Crippen molar-refractivity contribution in [2.24, 2.45) is 5.41 Å². The first kappa shape index (κ1) is 8.11. The van der Waals surface area contributed by atoms with Gasteiger partial charge in [-0.25, -0.2) is 4.79 Å². The molecule has 1 unspecified atom stereocenters. The van der Waals surface area contributed by atoms with Gasteiger partial charge in [0, 0.05) is 12.0 Å². The fraction of sp³-hybridized carbons (Fsp3) is 0.625. The Morgan fingerprint density at radius 2 is 2.45 bits per heavy atom. The highest BCUT2D eigenvalue weighted by atomic mass is 16.6. The molecule has 1 N–H and O–H groups in total. The molecular weight excluding hydrogens is 142 g/mol. The van der Waals surface area contributed by atoms with Crippen LogP contribution in [0.5, 0.6) is 0 Å². The molecule has 0 aliphatic carbocycles. The molecule has 1 rings (SSSR count). The first-order chi connectivity index (χ1) is 5.06. The zero-order valence-corrected chi connectivity index (χ0v) is 6.89. The third-order valence-corrected chi connectivity index (χ3v) is 1.91. The average Bonchev–Trinajstić information content (AvgIpc) is 1.94. The van der Waals surface area contributed by atoms with E-state index in [9.17, 15) is 4.79 Å². The molecule has 0 aromatic heterocycles. The van der Waals surface area contributed by atoms with Crippen molar-refractivity contribution in [3.8, 4) is 0 Å². The summed E-state index contributed by atoms with van der Waals surface area (Å²) in [5.74, 6) is 0. The maximum Gasteiger partial charge on any atom is 0.407 e. The number of amides is 1. The predicted molar refractivity (Wildman–Crippen MR) is 42.2 cm³/mol. The minimum Gasteiger partial charge on any atom is -0.441 e. The van der Waals surface area contributed by atoms with Crippen LogP contribution in [-0.2, 0) is 4.74 Å². The van der Waals surface area contributed by atoms with E-state index in [1.807, 2.05) is 13.8 Å². The van der Waals surface area contributed by atoms with Gasteiger partial charge < -0.3 is 10.1 Å². The van der Waals surface area contributed by atoms with E-state index >= 15 is 0 Å². The van der Waals surface area contributed by atoms with Crippen molar-refractivity contribution < 1.29 is 9.53 Å². The molecule has 1 atom stereocenters. The van der Waals surface area contributed by atoms with Gasteiger partial charge in [0.1, 0.15) is 6.10 Å². The van der Waals surface area contributed by atoms with Crippen LogP contribution >= 0.6 is 0 Å². The number of carbonyl (C=O) groups is 1. The SMILES string of the molecule is C=CC1OC(=O)NCC1(C)C. The molecule has 1 aliphatic heterocycles. The van der Waals surface area contributed by atoms with Gasteiger partial charge in [0.25, 0.3) is 0 Å².